The van der Waals surface area contributed by atoms with Gasteiger partial charge in [0.15, 0.2) is 0 Å². The predicted molar refractivity (Wildman–Crippen MR) is 96.2 cm³/mol. The summed E-state index contributed by atoms with van der Waals surface area (Å²) in [6, 6.07) is 17.6. The third-order valence-corrected chi connectivity index (χ3v) is 4.77. The number of nitrogens with two attached hydrogens (primary N) is 1. The van der Waals surface area contributed by atoms with Gasteiger partial charge in [0.1, 0.15) is 10.8 Å². The van der Waals surface area contributed by atoms with Gasteiger partial charge in [-0.2, -0.15) is 0 Å². The maximum atomic E-state index is 11.5. The molecule has 1 aromatic heterocycles. The summed E-state index contributed by atoms with van der Waals surface area (Å²) in [5, 5.41) is 2.90. The molecule has 5 heteroatoms. The van der Waals surface area contributed by atoms with Crippen molar-refractivity contribution in [1.29, 1.82) is 0 Å². The van der Waals surface area contributed by atoms with Crippen molar-refractivity contribution in [2.75, 3.05) is 7.11 Å². The van der Waals surface area contributed by atoms with Crippen LogP contribution in [0.2, 0.25) is 0 Å². The van der Waals surface area contributed by atoms with E-state index in [0.29, 0.717) is 0 Å². The van der Waals surface area contributed by atoms with Crippen LogP contribution in [-0.2, 0) is 4.79 Å². The van der Waals surface area contributed by atoms with Crippen LogP contribution < -0.4 is 10.5 Å². The van der Waals surface area contributed by atoms with Crippen molar-refractivity contribution in [3.63, 3.8) is 0 Å². The number of carbonyl (C=O) groups is 1. The Morgan fingerprint density at radius 2 is 1.88 bits per heavy atom. The summed E-state index contributed by atoms with van der Waals surface area (Å²) in [7, 11) is 1.64. The number of carbonyl (C=O) groups excluding carboxylic acids is 1. The number of aromatic nitrogens is 1. The monoisotopic (exact) mass is 338 g/mol. The van der Waals surface area contributed by atoms with Crippen molar-refractivity contribution in [2.24, 2.45) is 5.73 Å². The highest BCUT2D eigenvalue weighted by molar-refractivity contribution is 7.10. The molecule has 0 aliphatic heterocycles. The largest absolute Gasteiger partial charge is 0.497 e. The molecule has 0 aliphatic carbocycles. The van der Waals surface area contributed by atoms with Crippen LogP contribution in [0.15, 0.2) is 60.0 Å². The number of methoxy groups -OCH3 is 1. The summed E-state index contributed by atoms with van der Waals surface area (Å²) in [5.74, 6) is 0.371. The van der Waals surface area contributed by atoms with E-state index in [1.165, 1.54) is 0 Å². The van der Waals surface area contributed by atoms with Crippen molar-refractivity contribution in [1.82, 2.24) is 4.98 Å². The molecule has 24 heavy (non-hydrogen) atoms. The number of hydrogen-bond acceptors (Lipinski definition) is 4. The van der Waals surface area contributed by atoms with Gasteiger partial charge in [-0.15, -0.1) is 11.3 Å². The number of hydrogen-bond donors (Lipinski definition) is 1. The molecule has 1 unspecified atom stereocenters. The fraction of sp³-hybridized carbons (Fsp3) is 0.158. The van der Waals surface area contributed by atoms with E-state index in [4.69, 9.17) is 15.5 Å². The standard InChI is InChI=1S/C19H18N2O2S/c1-23-15-9-7-14(8-10-15)17-12-24-19(21-17)16(11-18(20)22)13-5-3-2-4-6-13/h2-10,12,16H,11H2,1H3,(H2,20,22). The molecule has 122 valence electrons. The van der Waals surface area contributed by atoms with Gasteiger partial charge in [0.25, 0.3) is 0 Å². The van der Waals surface area contributed by atoms with Gasteiger partial charge in [0.2, 0.25) is 5.91 Å². The van der Waals surface area contributed by atoms with Crippen LogP contribution in [0.25, 0.3) is 11.3 Å². The topological polar surface area (TPSA) is 65.2 Å². The first kappa shape index (κ1) is 16.2. The van der Waals surface area contributed by atoms with Crippen LogP contribution in [-0.4, -0.2) is 18.0 Å². The number of benzene rings is 2. The Morgan fingerprint density at radius 1 is 1.17 bits per heavy atom. The van der Waals surface area contributed by atoms with Crippen molar-refractivity contribution < 1.29 is 9.53 Å². The summed E-state index contributed by atoms with van der Waals surface area (Å²) in [5.41, 5.74) is 8.40. The van der Waals surface area contributed by atoms with E-state index in [1.54, 1.807) is 18.4 Å². The van der Waals surface area contributed by atoms with Gasteiger partial charge < -0.3 is 10.5 Å². The summed E-state index contributed by atoms with van der Waals surface area (Å²) in [4.78, 5) is 16.2. The minimum atomic E-state index is -0.329. The van der Waals surface area contributed by atoms with E-state index >= 15 is 0 Å². The average molecular weight is 338 g/mol. The first-order valence-corrected chi connectivity index (χ1v) is 8.48. The molecule has 3 aromatic rings. The van der Waals surface area contributed by atoms with Crippen molar-refractivity contribution in [3.05, 3.63) is 70.5 Å². The Balaban J connectivity index is 1.92. The predicted octanol–water partition coefficient (Wildman–Crippen LogP) is 3.83. The molecule has 2 aromatic carbocycles. The van der Waals surface area contributed by atoms with E-state index in [0.717, 1.165) is 27.6 Å². The summed E-state index contributed by atoms with van der Waals surface area (Å²) in [6.45, 7) is 0. The van der Waals surface area contributed by atoms with Crippen LogP contribution in [0.1, 0.15) is 22.9 Å². The average Bonchev–Trinajstić information content (AvgIpc) is 3.10. The lowest BCUT2D eigenvalue weighted by Gasteiger charge is -2.12. The van der Waals surface area contributed by atoms with E-state index in [9.17, 15) is 4.79 Å². The molecule has 2 N–H and O–H groups in total. The van der Waals surface area contributed by atoms with E-state index in [-0.39, 0.29) is 18.2 Å². The highest BCUT2D eigenvalue weighted by Gasteiger charge is 2.20. The number of rotatable bonds is 6. The normalized spacial score (nSPS) is 11.9. The third kappa shape index (κ3) is 3.63. The highest BCUT2D eigenvalue weighted by atomic mass is 32.1. The molecule has 1 atom stereocenters. The van der Waals surface area contributed by atoms with Crippen LogP contribution in [0.3, 0.4) is 0 Å². The zero-order valence-corrected chi connectivity index (χ0v) is 14.1. The molecule has 1 heterocycles. The first-order valence-electron chi connectivity index (χ1n) is 7.60. The molecule has 0 spiro atoms. The smallest absolute Gasteiger partial charge is 0.218 e. The molecular weight excluding hydrogens is 320 g/mol. The molecule has 1 amide bonds. The van der Waals surface area contributed by atoms with E-state index in [1.807, 2.05) is 60.0 Å². The molecule has 4 nitrogen and oxygen atoms in total. The molecule has 0 saturated heterocycles. The fourth-order valence-corrected chi connectivity index (χ4v) is 3.53. The Kier molecular flexibility index (Phi) is 4.91. The van der Waals surface area contributed by atoms with Crippen LogP contribution in [0.5, 0.6) is 5.75 Å². The van der Waals surface area contributed by atoms with E-state index < -0.39 is 0 Å². The van der Waals surface area contributed by atoms with Gasteiger partial charge in [0.05, 0.1) is 12.8 Å². The van der Waals surface area contributed by atoms with Gasteiger partial charge in [-0.25, -0.2) is 4.98 Å². The van der Waals surface area contributed by atoms with Gasteiger partial charge in [-0.05, 0) is 29.8 Å². The van der Waals surface area contributed by atoms with Crippen LogP contribution >= 0.6 is 11.3 Å². The molecule has 0 radical (unpaired) electrons. The number of primary amides is 1. The number of thiazole rings is 1. The zero-order chi connectivity index (χ0) is 16.9. The second-order valence-corrected chi connectivity index (χ2v) is 6.32. The third-order valence-electron chi connectivity index (χ3n) is 3.81. The number of amides is 1. The SMILES string of the molecule is COc1ccc(-c2csc(C(CC(N)=O)c3ccccc3)n2)cc1. The van der Waals surface area contributed by atoms with Crippen LogP contribution in [0.4, 0.5) is 0 Å². The summed E-state index contributed by atoms with van der Waals surface area (Å²) in [6.07, 6.45) is 0.250. The van der Waals surface area contributed by atoms with Crippen molar-refractivity contribution in [3.8, 4) is 17.0 Å². The van der Waals surface area contributed by atoms with Gasteiger partial charge in [-0.3, -0.25) is 4.79 Å². The summed E-state index contributed by atoms with van der Waals surface area (Å²) >= 11 is 1.55. The van der Waals surface area contributed by atoms with Crippen molar-refractivity contribution >= 4 is 17.2 Å². The Morgan fingerprint density at radius 3 is 2.50 bits per heavy atom. The van der Waals surface area contributed by atoms with Gasteiger partial charge in [0, 0.05) is 23.3 Å². The lowest BCUT2D eigenvalue weighted by Crippen LogP contribution is -2.16. The number of nitrogens with zero attached hydrogens (tertiary/aromatic N) is 1. The van der Waals surface area contributed by atoms with Crippen LogP contribution in [0, 0.1) is 0 Å². The Labute approximate surface area is 144 Å². The van der Waals surface area contributed by atoms with Gasteiger partial charge in [-0.1, -0.05) is 30.3 Å². The minimum absolute atomic E-state index is 0.110. The second-order valence-electron chi connectivity index (χ2n) is 5.43. The maximum Gasteiger partial charge on any atom is 0.218 e. The zero-order valence-electron chi connectivity index (χ0n) is 13.3. The summed E-state index contributed by atoms with van der Waals surface area (Å²) < 4.78 is 5.18. The minimum Gasteiger partial charge on any atom is -0.497 e. The molecule has 0 saturated carbocycles. The Hall–Kier alpha value is -2.66. The molecule has 0 fully saturated rings. The van der Waals surface area contributed by atoms with Crippen molar-refractivity contribution in [2.45, 2.75) is 12.3 Å². The molecule has 0 bridgehead atoms. The second kappa shape index (κ2) is 7.27. The van der Waals surface area contributed by atoms with E-state index in [2.05, 4.69) is 0 Å². The lowest BCUT2D eigenvalue weighted by atomic mass is 9.96. The Bertz CT molecular complexity index is 813. The fourth-order valence-electron chi connectivity index (χ4n) is 2.58. The maximum absolute atomic E-state index is 11.5. The molecule has 0 aliphatic rings. The number of ether oxygens (including phenoxy) is 1. The molecular formula is C19H18N2O2S. The highest BCUT2D eigenvalue weighted by Crippen LogP contribution is 2.33. The van der Waals surface area contributed by atoms with Gasteiger partial charge >= 0.3 is 0 Å². The lowest BCUT2D eigenvalue weighted by molar-refractivity contribution is -0.118. The first-order chi connectivity index (χ1) is 11.7. The molecule has 3 rings (SSSR count). The quantitative estimate of drug-likeness (QED) is 0.743.